The van der Waals surface area contributed by atoms with Gasteiger partial charge in [0.2, 0.25) is 0 Å². The van der Waals surface area contributed by atoms with E-state index in [-0.39, 0.29) is 0 Å². The molecule has 0 saturated heterocycles. The lowest BCUT2D eigenvalue weighted by atomic mass is 9.92. The van der Waals surface area contributed by atoms with Gasteiger partial charge in [0, 0.05) is 6.07 Å². The third kappa shape index (κ3) is 1.20. The van der Waals surface area contributed by atoms with Crippen LogP contribution in [0.2, 0.25) is 0 Å². The second kappa shape index (κ2) is 3.19. The summed E-state index contributed by atoms with van der Waals surface area (Å²) in [5.74, 6) is 1.91. The van der Waals surface area contributed by atoms with E-state index >= 15 is 0 Å². The van der Waals surface area contributed by atoms with Crippen molar-refractivity contribution in [3.05, 3.63) is 38.8 Å². The third-order valence-corrected chi connectivity index (χ3v) is 4.60. The van der Waals surface area contributed by atoms with Crippen LogP contribution in [0, 0.1) is 11.8 Å². The summed E-state index contributed by atoms with van der Waals surface area (Å²) in [4.78, 5) is 0. The molecule has 4 rings (SSSR count). The van der Waals surface area contributed by atoms with Crippen molar-refractivity contribution in [2.24, 2.45) is 11.8 Å². The van der Waals surface area contributed by atoms with Crippen molar-refractivity contribution in [3.63, 3.8) is 0 Å². The van der Waals surface area contributed by atoms with Crippen molar-refractivity contribution < 1.29 is 0 Å². The Bertz CT molecular complexity index is 555. The van der Waals surface area contributed by atoms with Gasteiger partial charge in [-0.3, -0.25) is 4.42 Å². The van der Waals surface area contributed by atoms with E-state index < -0.39 is 0 Å². The smallest absolute Gasteiger partial charge is 0.254 e. The summed E-state index contributed by atoms with van der Waals surface area (Å²) in [7, 11) is 0. The van der Waals surface area contributed by atoms with Crippen molar-refractivity contribution in [1.29, 1.82) is 0 Å². The fourth-order valence-electron chi connectivity index (χ4n) is 3.79. The van der Waals surface area contributed by atoms with Crippen molar-refractivity contribution in [2.45, 2.75) is 32.1 Å². The van der Waals surface area contributed by atoms with E-state index in [0.717, 1.165) is 30.3 Å². The zero-order valence-corrected chi connectivity index (χ0v) is 9.54. The highest BCUT2D eigenvalue weighted by Crippen LogP contribution is 2.48. The summed E-state index contributed by atoms with van der Waals surface area (Å²) in [6.07, 6.45) is 6.84. The van der Waals surface area contributed by atoms with Crippen LogP contribution in [0.4, 0.5) is 0 Å². The Hall–Kier alpha value is -1.11. The fraction of sp³-hybridized carbons (Fsp3) is 0.533. The molecule has 2 bridgehead atoms. The number of benzene rings is 1. The molecule has 1 aromatic carbocycles. The molecule has 0 N–H and O–H groups in total. The molecule has 2 unspecified atom stereocenters. The average Bonchev–Trinajstić information content (AvgIpc) is 3.03. The van der Waals surface area contributed by atoms with E-state index in [2.05, 4.69) is 18.2 Å². The van der Waals surface area contributed by atoms with Crippen LogP contribution in [0.1, 0.15) is 31.2 Å². The van der Waals surface area contributed by atoms with Crippen LogP contribution >= 0.6 is 0 Å². The van der Waals surface area contributed by atoms with Gasteiger partial charge >= 0.3 is 5.43 Å². The monoisotopic (exact) mass is 213 g/mol. The summed E-state index contributed by atoms with van der Waals surface area (Å²) >= 11 is 0. The maximum Gasteiger partial charge on any atom is 0.347 e. The van der Waals surface area contributed by atoms with Crippen molar-refractivity contribution in [2.75, 3.05) is 6.61 Å². The first-order valence-corrected chi connectivity index (χ1v) is 6.52. The van der Waals surface area contributed by atoms with E-state index in [4.69, 9.17) is 4.42 Å². The molecular weight excluding hydrogens is 196 g/mol. The summed E-state index contributed by atoms with van der Waals surface area (Å²) in [5, 5.41) is 1.51. The molecule has 2 saturated carbocycles. The van der Waals surface area contributed by atoms with Crippen molar-refractivity contribution in [3.8, 4) is 0 Å². The van der Waals surface area contributed by atoms with Gasteiger partial charge in [0.25, 0.3) is 6.61 Å². The third-order valence-electron chi connectivity index (χ3n) is 4.60. The van der Waals surface area contributed by atoms with E-state index in [0.29, 0.717) is 0 Å². The standard InChI is InChI=1S/C15H17O/c1-2-11-7-10(1)8-14(11)12-3-4-15-13(9-12)5-6-16-15/h3-4,9-11H,1-2,5-8H2/q+1/b14-12+. The Kier molecular flexibility index (Phi) is 1.79. The molecule has 2 fully saturated rings. The maximum atomic E-state index is 5.57. The normalized spacial score (nSPS) is 34.0. The molecule has 1 aromatic rings. The largest absolute Gasteiger partial charge is 0.347 e. The van der Waals surface area contributed by atoms with E-state index in [1.54, 1.807) is 5.57 Å². The van der Waals surface area contributed by atoms with Crippen LogP contribution in [0.25, 0.3) is 5.57 Å². The summed E-state index contributed by atoms with van der Waals surface area (Å²) in [6.45, 7) is 0.875. The van der Waals surface area contributed by atoms with Gasteiger partial charge in [0.1, 0.15) is 0 Å². The first-order chi connectivity index (χ1) is 7.90. The second-order valence-corrected chi connectivity index (χ2v) is 5.53. The predicted molar refractivity (Wildman–Crippen MR) is 65.4 cm³/mol. The minimum absolute atomic E-state index is 0.875. The molecule has 0 aromatic heterocycles. The van der Waals surface area contributed by atoms with E-state index in [1.165, 1.54) is 36.5 Å². The van der Waals surface area contributed by atoms with Gasteiger partial charge < -0.3 is 0 Å². The van der Waals surface area contributed by atoms with Crippen LogP contribution < -0.4 is 10.6 Å². The first kappa shape index (κ1) is 8.98. The summed E-state index contributed by atoms with van der Waals surface area (Å²) in [5.41, 5.74) is 4.28. The van der Waals surface area contributed by atoms with Crippen molar-refractivity contribution in [1.82, 2.24) is 0 Å². The van der Waals surface area contributed by atoms with Crippen LogP contribution in [-0.4, -0.2) is 6.61 Å². The van der Waals surface area contributed by atoms with Crippen LogP contribution in [0.15, 0.2) is 22.6 Å². The highest BCUT2D eigenvalue weighted by Gasteiger charge is 2.35. The van der Waals surface area contributed by atoms with Crippen LogP contribution in [0.5, 0.6) is 0 Å². The van der Waals surface area contributed by atoms with Gasteiger partial charge in [-0.2, -0.15) is 0 Å². The maximum absolute atomic E-state index is 5.57. The highest BCUT2D eigenvalue weighted by atomic mass is 16.4. The first-order valence-electron chi connectivity index (χ1n) is 6.52. The fourth-order valence-corrected chi connectivity index (χ4v) is 3.79. The molecule has 0 spiro atoms. The average molecular weight is 213 g/mol. The molecule has 16 heavy (non-hydrogen) atoms. The molecule has 2 atom stereocenters. The molecule has 0 radical (unpaired) electrons. The van der Waals surface area contributed by atoms with Crippen LogP contribution in [0.3, 0.4) is 0 Å². The number of hydrogen-bond donors (Lipinski definition) is 0. The molecule has 1 heterocycles. The molecule has 0 amide bonds. The van der Waals surface area contributed by atoms with Crippen molar-refractivity contribution >= 4 is 5.57 Å². The zero-order chi connectivity index (χ0) is 10.5. The molecule has 2 aliphatic carbocycles. The van der Waals surface area contributed by atoms with Gasteiger partial charge in [-0.1, -0.05) is 5.57 Å². The molecule has 1 heteroatoms. The Morgan fingerprint density at radius 3 is 3.00 bits per heavy atom. The Morgan fingerprint density at radius 2 is 2.19 bits per heavy atom. The molecule has 1 aliphatic heterocycles. The van der Waals surface area contributed by atoms with Gasteiger partial charge in [-0.15, -0.1) is 0 Å². The Morgan fingerprint density at radius 1 is 1.19 bits per heavy atom. The van der Waals surface area contributed by atoms with Gasteiger partial charge in [-0.25, -0.2) is 0 Å². The lowest BCUT2D eigenvalue weighted by molar-refractivity contribution is 0.584. The number of rotatable bonds is 0. The zero-order valence-electron chi connectivity index (χ0n) is 9.54. The molecule has 3 aliphatic rings. The minimum Gasteiger partial charge on any atom is -0.254 e. The lowest BCUT2D eigenvalue weighted by Crippen LogP contribution is -2.16. The summed E-state index contributed by atoms with van der Waals surface area (Å²) < 4.78 is 5.57. The molecule has 1 nitrogen and oxygen atoms in total. The number of hydrogen-bond acceptors (Lipinski definition) is 0. The van der Waals surface area contributed by atoms with Crippen LogP contribution in [-0.2, 0) is 6.42 Å². The number of fused-ring (bicyclic) bond motifs is 3. The minimum atomic E-state index is 0.875. The highest BCUT2D eigenvalue weighted by molar-refractivity contribution is 5.52. The SMILES string of the molecule is c1c/c(=C2/CC3CCC2C3)cc2c1=[O+]CC2. The Labute approximate surface area is 95.5 Å². The van der Waals surface area contributed by atoms with Gasteiger partial charge in [0.05, 0.1) is 12.0 Å². The Balaban J connectivity index is 1.89. The van der Waals surface area contributed by atoms with Gasteiger partial charge in [0.15, 0.2) is 0 Å². The summed E-state index contributed by atoms with van der Waals surface area (Å²) in [6, 6.07) is 6.84. The predicted octanol–water partition coefficient (Wildman–Crippen LogP) is 1.83. The molecule has 82 valence electrons. The molecular formula is C15H17O+. The van der Waals surface area contributed by atoms with E-state index in [9.17, 15) is 0 Å². The lowest BCUT2D eigenvalue weighted by Gasteiger charge is -2.12. The topological polar surface area (TPSA) is 11.3 Å². The quantitative estimate of drug-likeness (QED) is 0.583. The van der Waals surface area contributed by atoms with E-state index in [1.807, 2.05) is 0 Å². The van der Waals surface area contributed by atoms with Gasteiger partial charge in [-0.05, 0) is 54.9 Å². The second-order valence-electron chi connectivity index (χ2n) is 5.53.